The zero-order valence-electron chi connectivity index (χ0n) is 20.9. The first-order valence-corrected chi connectivity index (χ1v) is 15.5. The topological polar surface area (TPSA) is 72.1 Å². The highest BCUT2D eigenvalue weighted by atomic mass is 28.4. The second-order valence-corrected chi connectivity index (χ2v) is 16.5. The minimum atomic E-state index is -1.94. The Balaban J connectivity index is 1.50. The van der Waals surface area contributed by atoms with Gasteiger partial charge in [0.1, 0.15) is 23.9 Å². The van der Waals surface area contributed by atoms with Crippen LogP contribution in [0, 0.1) is 5.92 Å². The molecule has 1 aromatic carbocycles. The number of hydrazone groups is 1. The van der Waals surface area contributed by atoms with Crippen molar-refractivity contribution < 1.29 is 9.16 Å². The summed E-state index contributed by atoms with van der Waals surface area (Å²) in [6, 6.07) is 4.89. The summed E-state index contributed by atoms with van der Waals surface area (Å²) in [5.41, 5.74) is 3.01. The fourth-order valence-electron chi connectivity index (χ4n) is 6.41. The zero-order valence-corrected chi connectivity index (χ0v) is 21.9. The number of nitrogens with one attached hydrogen (secondary N) is 1. The van der Waals surface area contributed by atoms with E-state index in [1.165, 1.54) is 11.1 Å². The summed E-state index contributed by atoms with van der Waals surface area (Å²) in [6.45, 7) is 14.8. The van der Waals surface area contributed by atoms with Crippen molar-refractivity contribution in [3.63, 3.8) is 0 Å². The highest BCUT2D eigenvalue weighted by Gasteiger charge is 2.62. The second-order valence-electron chi connectivity index (χ2n) is 11.8. The standard InChI is InChI=1S/C26H40N4O2Si/c1-25(2,3)33(4,5)32-21-10-11-22-24-18(21)16-20-19-8-6-9-23(31-22)26(19,24)12-15-30(20)14-7-13-28-17-29-27/h6,8,10-11,17,19-20,23H,7,9,12-16,27H2,1-5H3,(H,28,29)/t19-,20+,23?,26+/m0/s1. The van der Waals surface area contributed by atoms with Crippen molar-refractivity contribution in [3.05, 3.63) is 35.4 Å². The number of likely N-dealkylation sites (tertiary alicyclic amines) is 1. The second kappa shape index (κ2) is 8.05. The lowest BCUT2D eigenvalue weighted by Crippen LogP contribution is -2.63. The summed E-state index contributed by atoms with van der Waals surface area (Å²) in [4.78, 5) is 2.72. The van der Waals surface area contributed by atoms with Crippen LogP contribution >= 0.6 is 0 Å². The Labute approximate surface area is 199 Å². The maximum absolute atomic E-state index is 6.95. The molecule has 0 aromatic heterocycles. The molecule has 1 spiro atoms. The summed E-state index contributed by atoms with van der Waals surface area (Å²) >= 11 is 0. The lowest BCUT2D eigenvalue weighted by Gasteiger charge is -2.57. The van der Waals surface area contributed by atoms with Crippen molar-refractivity contribution in [2.24, 2.45) is 16.9 Å². The third kappa shape index (κ3) is 3.50. The van der Waals surface area contributed by atoms with E-state index in [1.54, 1.807) is 6.34 Å². The molecule has 4 aliphatic rings. The SMILES string of the molecule is CC(C)(C)[Si](C)(C)Oc1ccc2c3c1C[C@@H]1[C@@H]4C=CCC(O2)[C@]34CCN1CCCNC=NN. The van der Waals surface area contributed by atoms with Crippen LogP contribution in [0.25, 0.3) is 0 Å². The van der Waals surface area contributed by atoms with E-state index < -0.39 is 8.32 Å². The van der Waals surface area contributed by atoms with E-state index in [0.717, 1.165) is 56.8 Å². The quantitative estimate of drug-likeness (QED) is 0.120. The summed E-state index contributed by atoms with van der Waals surface area (Å²) in [7, 11) is -1.94. The minimum Gasteiger partial charge on any atom is -0.543 e. The van der Waals surface area contributed by atoms with Crippen molar-refractivity contribution in [3.8, 4) is 11.5 Å². The molecule has 180 valence electrons. The number of rotatable bonds is 7. The lowest BCUT2D eigenvalue weighted by molar-refractivity contribution is -0.00984. The van der Waals surface area contributed by atoms with Gasteiger partial charge in [0.15, 0.2) is 0 Å². The Bertz CT molecular complexity index is 970. The monoisotopic (exact) mass is 468 g/mol. The van der Waals surface area contributed by atoms with Gasteiger partial charge in [0.05, 0.1) is 0 Å². The van der Waals surface area contributed by atoms with Gasteiger partial charge in [-0.2, -0.15) is 5.10 Å². The molecule has 0 amide bonds. The third-order valence-electron chi connectivity index (χ3n) is 9.04. The number of piperidine rings is 1. The molecule has 2 aliphatic carbocycles. The Morgan fingerprint density at radius 1 is 1.36 bits per heavy atom. The minimum absolute atomic E-state index is 0.107. The maximum Gasteiger partial charge on any atom is 0.250 e. The van der Waals surface area contributed by atoms with Crippen LogP contribution in [0.15, 0.2) is 29.4 Å². The first-order valence-electron chi connectivity index (χ1n) is 12.6. The molecule has 1 aromatic rings. The number of hydrogen-bond acceptors (Lipinski definition) is 5. The number of benzene rings is 1. The smallest absolute Gasteiger partial charge is 0.250 e. The van der Waals surface area contributed by atoms with Crippen molar-refractivity contribution >= 4 is 14.7 Å². The molecule has 4 atom stereocenters. The molecular weight excluding hydrogens is 428 g/mol. The van der Waals surface area contributed by atoms with Crippen LogP contribution in [0.1, 0.15) is 51.2 Å². The van der Waals surface area contributed by atoms with Gasteiger partial charge in [-0.25, -0.2) is 0 Å². The van der Waals surface area contributed by atoms with Crippen LogP contribution in [0.4, 0.5) is 0 Å². The summed E-state index contributed by atoms with van der Waals surface area (Å²) in [5.74, 6) is 7.95. The lowest BCUT2D eigenvalue weighted by atomic mass is 9.53. The average Bonchev–Trinajstić information content (AvgIpc) is 3.08. The van der Waals surface area contributed by atoms with Gasteiger partial charge in [0.25, 0.3) is 0 Å². The van der Waals surface area contributed by atoms with E-state index in [0.29, 0.717) is 12.0 Å². The molecule has 1 fully saturated rings. The van der Waals surface area contributed by atoms with E-state index in [9.17, 15) is 0 Å². The maximum atomic E-state index is 6.95. The summed E-state index contributed by atoms with van der Waals surface area (Å²) in [5, 5.41) is 6.88. The first kappa shape index (κ1) is 22.8. The molecule has 2 bridgehead atoms. The van der Waals surface area contributed by atoms with Gasteiger partial charge >= 0.3 is 0 Å². The van der Waals surface area contributed by atoms with Crippen molar-refractivity contribution in [1.82, 2.24) is 10.2 Å². The molecule has 0 radical (unpaired) electrons. The third-order valence-corrected chi connectivity index (χ3v) is 13.4. The van der Waals surface area contributed by atoms with Gasteiger partial charge in [0.2, 0.25) is 8.32 Å². The van der Waals surface area contributed by atoms with E-state index in [-0.39, 0.29) is 16.6 Å². The molecule has 33 heavy (non-hydrogen) atoms. The fourth-order valence-corrected chi connectivity index (χ4v) is 7.46. The van der Waals surface area contributed by atoms with Crippen LogP contribution in [0.2, 0.25) is 18.1 Å². The predicted octanol–water partition coefficient (Wildman–Crippen LogP) is 4.16. The van der Waals surface area contributed by atoms with E-state index in [2.05, 4.69) is 73.5 Å². The van der Waals surface area contributed by atoms with Gasteiger partial charge in [-0.1, -0.05) is 32.9 Å². The van der Waals surface area contributed by atoms with Crippen molar-refractivity contribution in [2.45, 2.75) is 82.1 Å². The van der Waals surface area contributed by atoms with Crippen LogP contribution in [0.3, 0.4) is 0 Å². The number of ether oxygens (including phenoxy) is 1. The van der Waals surface area contributed by atoms with Crippen LogP contribution in [-0.4, -0.2) is 51.3 Å². The molecule has 3 N–H and O–H groups in total. The van der Waals surface area contributed by atoms with Gasteiger partial charge < -0.3 is 20.3 Å². The fraction of sp³-hybridized carbons (Fsp3) is 0.654. The Hall–Kier alpha value is -1.99. The summed E-state index contributed by atoms with van der Waals surface area (Å²) in [6.07, 6.45) is 11.0. The highest BCUT2D eigenvalue weighted by Crippen LogP contribution is 2.62. The molecule has 1 saturated heterocycles. The highest BCUT2D eigenvalue weighted by molar-refractivity contribution is 6.74. The molecule has 2 heterocycles. The van der Waals surface area contributed by atoms with Crippen LogP contribution < -0.4 is 20.3 Å². The number of hydrogen-bond donors (Lipinski definition) is 2. The Morgan fingerprint density at radius 2 is 2.18 bits per heavy atom. The van der Waals surface area contributed by atoms with Crippen LogP contribution in [0.5, 0.6) is 11.5 Å². The van der Waals surface area contributed by atoms with Gasteiger partial charge in [-0.05, 0) is 56.1 Å². The van der Waals surface area contributed by atoms with Gasteiger partial charge in [-0.3, -0.25) is 4.90 Å². The largest absolute Gasteiger partial charge is 0.543 e. The molecule has 0 saturated carbocycles. The Morgan fingerprint density at radius 3 is 2.94 bits per heavy atom. The molecule has 2 aliphatic heterocycles. The van der Waals surface area contributed by atoms with Crippen molar-refractivity contribution in [1.29, 1.82) is 0 Å². The number of nitrogens with zero attached hydrogens (tertiary/aromatic N) is 2. The molecule has 7 heteroatoms. The van der Waals surface area contributed by atoms with Crippen LogP contribution in [-0.2, 0) is 11.8 Å². The number of nitrogens with two attached hydrogens (primary N) is 1. The van der Waals surface area contributed by atoms with Crippen molar-refractivity contribution in [2.75, 3.05) is 19.6 Å². The van der Waals surface area contributed by atoms with Gasteiger partial charge in [-0.15, -0.1) is 0 Å². The normalized spacial score (nSPS) is 30.3. The first-order chi connectivity index (χ1) is 15.7. The average molecular weight is 469 g/mol. The zero-order chi connectivity index (χ0) is 23.4. The van der Waals surface area contributed by atoms with Gasteiger partial charge in [0, 0.05) is 48.0 Å². The summed E-state index contributed by atoms with van der Waals surface area (Å²) < 4.78 is 13.6. The molecular formula is C26H40N4O2Si. The molecule has 6 nitrogen and oxygen atoms in total. The molecule has 1 unspecified atom stereocenters. The van der Waals surface area contributed by atoms with E-state index >= 15 is 0 Å². The predicted molar refractivity (Wildman–Crippen MR) is 137 cm³/mol. The molecule has 5 rings (SSSR count). The Kier molecular flexibility index (Phi) is 5.56. The van der Waals surface area contributed by atoms with E-state index in [4.69, 9.17) is 15.0 Å². The van der Waals surface area contributed by atoms with E-state index in [1.807, 2.05) is 0 Å².